The molecule has 0 radical (unpaired) electrons. The summed E-state index contributed by atoms with van der Waals surface area (Å²) in [5, 5.41) is 13.4. The summed E-state index contributed by atoms with van der Waals surface area (Å²) in [7, 11) is 0. The SMILES string of the molecule is O=C(Cn1cnc2cccc([N+](=O)[O-])c21)Nc1cc(F)cc(F)c1. The second-order valence-electron chi connectivity index (χ2n) is 4.98. The second-order valence-corrected chi connectivity index (χ2v) is 4.98. The number of aromatic nitrogens is 2. The van der Waals surface area contributed by atoms with Gasteiger partial charge in [-0.25, -0.2) is 13.8 Å². The molecule has 122 valence electrons. The van der Waals surface area contributed by atoms with Crippen molar-refractivity contribution in [1.29, 1.82) is 0 Å². The van der Waals surface area contributed by atoms with Crippen molar-refractivity contribution in [3.05, 3.63) is 64.5 Å². The van der Waals surface area contributed by atoms with E-state index in [2.05, 4.69) is 10.3 Å². The predicted molar refractivity (Wildman–Crippen MR) is 81.4 cm³/mol. The molecule has 0 aliphatic rings. The van der Waals surface area contributed by atoms with Gasteiger partial charge in [-0.3, -0.25) is 14.9 Å². The van der Waals surface area contributed by atoms with Crippen LogP contribution in [0, 0.1) is 21.7 Å². The van der Waals surface area contributed by atoms with Crippen LogP contribution in [0.1, 0.15) is 0 Å². The fourth-order valence-corrected chi connectivity index (χ4v) is 2.36. The molecule has 0 saturated heterocycles. The molecule has 9 heteroatoms. The van der Waals surface area contributed by atoms with Gasteiger partial charge in [-0.15, -0.1) is 0 Å². The molecule has 7 nitrogen and oxygen atoms in total. The minimum atomic E-state index is -0.825. The number of fused-ring (bicyclic) bond motifs is 1. The lowest BCUT2D eigenvalue weighted by Gasteiger charge is -2.07. The summed E-state index contributed by atoms with van der Waals surface area (Å²) >= 11 is 0. The zero-order chi connectivity index (χ0) is 17.3. The third-order valence-electron chi connectivity index (χ3n) is 3.27. The lowest BCUT2D eigenvalue weighted by Crippen LogP contribution is -2.18. The summed E-state index contributed by atoms with van der Waals surface area (Å²) in [6.45, 7) is -0.292. The number of anilines is 1. The summed E-state index contributed by atoms with van der Waals surface area (Å²) in [4.78, 5) is 26.6. The number of nitro benzene ring substituents is 1. The predicted octanol–water partition coefficient (Wildman–Crippen LogP) is 2.86. The number of imidazole rings is 1. The molecule has 0 saturated carbocycles. The van der Waals surface area contributed by atoms with E-state index in [4.69, 9.17) is 0 Å². The Morgan fingerprint density at radius 3 is 2.62 bits per heavy atom. The number of carbonyl (C=O) groups is 1. The number of nitrogens with one attached hydrogen (secondary N) is 1. The zero-order valence-electron chi connectivity index (χ0n) is 12.1. The molecule has 0 aliphatic carbocycles. The average Bonchev–Trinajstić information content (AvgIpc) is 2.89. The van der Waals surface area contributed by atoms with Gasteiger partial charge in [-0.05, 0) is 18.2 Å². The number of nitrogens with zero attached hydrogens (tertiary/aromatic N) is 3. The highest BCUT2D eigenvalue weighted by molar-refractivity contribution is 5.92. The third kappa shape index (κ3) is 3.05. The van der Waals surface area contributed by atoms with Crippen molar-refractivity contribution in [2.45, 2.75) is 6.54 Å². The number of nitro groups is 1. The highest BCUT2D eigenvalue weighted by Crippen LogP contribution is 2.24. The van der Waals surface area contributed by atoms with Gasteiger partial charge < -0.3 is 9.88 Å². The van der Waals surface area contributed by atoms with Crippen LogP contribution in [0.15, 0.2) is 42.7 Å². The number of rotatable bonds is 4. The van der Waals surface area contributed by atoms with E-state index in [1.807, 2.05) is 0 Å². The number of amides is 1. The Morgan fingerprint density at radius 1 is 1.25 bits per heavy atom. The molecular weight excluding hydrogens is 322 g/mol. The number of para-hydroxylation sites is 1. The molecule has 3 rings (SSSR count). The normalized spacial score (nSPS) is 10.8. The van der Waals surface area contributed by atoms with Crippen LogP contribution in [-0.4, -0.2) is 20.4 Å². The van der Waals surface area contributed by atoms with Crippen LogP contribution in [0.5, 0.6) is 0 Å². The van der Waals surface area contributed by atoms with Crippen LogP contribution < -0.4 is 5.32 Å². The molecule has 0 fully saturated rings. The van der Waals surface area contributed by atoms with E-state index in [0.717, 1.165) is 12.1 Å². The number of halogens is 2. The molecule has 1 heterocycles. The van der Waals surface area contributed by atoms with Crippen LogP contribution in [0.2, 0.25) is 0 Å². The minimum Gasteiger partial charge on any atom is -0.324 e. The quantitative estimate of drug-likeness (QED) is 0.587. The molecule has 24 heavy (non-hydrogen) atoms. The van der Waals surface area contributed by atoms with Crippen molar-refractivity contribution in [2.24, 2.45) is 0 Å². The molecule has 1 amide bonds. The largest absolute Gasteiger partial charge is 0.324 e. The number of benzene rings is 2. The van der Waals surface area contributed by atoms with Crippen molar-refractivity contribution in [3.63, 3.8) is 0 Å². The Kier molecular flexibility index (Phi) is 3.90. The topological polar surface area (TPSA) is 90.1 Å². The summed E-state index contributed by atoms with van der Waals surface area (Å²) < 4.78 is 27.6. The van der Waals surface area contributed by atoms with E-state index in [0.29, 0.717) is 11.6 Å². The van der Waals surface area contributed by atoms with Crippen molar-refractivity contribution >= 4 is 28.3 Å². The van der Waals surface area contributed by atoms with Crippen molar-refractivity contribution < 1.29 is 18.5 Å². The molecule has 3 aromatic rings. The third-order valence-corrected chi connectivity index (χ3v) is 3.27. The monoisotopic (exact) mass is 332 g/mol. The molecular formula is C15H10F2N4O3. The number of non-ortho nitro benzene ring substituents is 1. The lowest BCUT2D eigenvalue weighted by molar-refractivity contribution is -0.383. The Labute approximate surface area is 133 Å². The molecule has 0 spiro atoms. The average molecular weight is 332 g/mol. The van der Waals surface area contributed by atoms with Crippen molar-refractivity contribution in [3.8, 4) is 0 Å². The van der Waals surface area contributed by atoms with Crippen LogP contribution in [-0.2, 0) is 11.3 Å². The zero-order valence-corrected chi connectivity index (χ0v) is 12.1. The maximum Gasteiger partial charge on any atom is 0.295 e. The second kappa shape index (κ2) is 6.03. The maximum absolute atomic E-state index is 13.1. The Hall–Kier alpha value is -3.36. The van der Waals surface area contributed by atoms with Gasteiger partial charge in [0.2, 0.25) is 5.91 Å². The smallest absolute Gasteiger partial charge is 0.295 e. The van der Waals surface area contributed by atoms with Crippen molar-refractivity contribution in [2.75, 3.05) is 5.32 Å². The fourth-order valence-electron chi connectivity index (χ4n) is 2.36. The first-order valence-electron chi connectivity index (χ1n) is 6.78. The lowest BCUT2D eigenvalue weighted by atomic mass is 10.2. The van der Waals surface area contributed by atoms with Crippen LogP contribution in [0.3, 0.4) is 0 Å². The van der Waals surface area contributed by atoms with Crippen LogP contribution in [0.4, 0.5) is 20.2 Å². The van der Waals surface area contributed by atoms with Gasteiger partial charge in [0.15, 0.2) is 0 Å². The van der Waals surface area contributed by atoms with Gasteiger partial charge in [-0.2, -0.15) is 0 Å². The van der Waals surface area contributed by atoms with E-state index < -0.39 is 22.5 Å². The Balaban J connectivity index is 1.87. The highest BCUT2D eigenvalue weighted by atomic mass is 19.1. The minimum absolute atomic E-state index is 0.0450. The van der Waals surface area contributed by atoms with Gasteiger partial charge in [0.05, 0.1) is 16.8 Å². The van der Waals surface area contributed by atoms with Gasteiger partial charge in [-0.1, -0.05) is 6.07 Å². The Morgan fingerprint density at radius 2 is 1.96 bits per heavy atom. The summed E-state index contributed by atoms with van der Waals surface area (Å²) in [5.41, 5.74) is 0.336. The Bertz CT molecular complexity index is 935. The number of hydrogen-bond acceptors (Lipinski definition) is 4. The summed E-state index contributed by atoms with van der Waals surface area (Å²) in [5.74, 6) is -2.25. The van der Waals surface area contributed by atoms with Gasteiger partial charge in [0.25, 0.3) is 5.69 Å². The number of carbonyl (C=O) groups excluding carboxylic acids is 1. The van der Waals surface area contributed by atoms with E-state index in [-0.39, 0.29) is 23.4 Å². The first kappa shape index (κ1) is 15.5. The molecule has 1 N–H and O–H groups in total. The fraction of sp³-hybridized carbons (Fsp3) is 0.0667. The van der Waals surface area contributed by atoms with Crippen LogP contribution in [0.25, 0.3) is 11.0 Å². The van der Waals surface area contributed by atoms with Crippen molar-refractivity contribution in [1.82, 2.24) is 9.55 Å². The first-order chi connectivity index (χ1) is 11.4. The van der Waals surface area contributed by atoms with Gasteiger partial charge in [0, 0.05) is 17.8 Å². The summed E-state index contributed by atoms with van der Waals surface area (Å²) in [6.07, 6.45) is 1.30. The van der Waals surface area contributed by atoms with E-state index in [9.17, 15) is 23.7 Å². The molecule has 2 aromatic carbocycles. The number of hydrogen-bond donors (Lipinski definition) is 1. The highest BCUT2D eigenvalue weighted by Gasteiger charge is 2.18. The standard InChI is InChI=1S/C15H10F2N4O3/c16-9-4-10(17)6-11(5-9)19-14(22)7-20-8-18-12-2-1-3-13(15(12)20)21(23)24/h1-6,8H,7H2,(H,19,22). The first-order valence-corrected chi connectivity index (χ1v) is 6.78. The van der Waals surface area contributed by atoms with E-state index in [1.54, 1.807) is 6.07 Å². The van der Waals surface area contributed by atoms with Gasteiger partial charge >= 0.3 is 0 Å². The molecule has 0 atom stereocenters. The molecule has 0 unspecified atom stereocenters. The maximum atomic E-state index is 13.1. The van der Waals surface area contributed by atoms with E-state index in [1.165, 1.54) is 23.0 Å². The van der Waals surface area contributed by atoms with Gasteiger partial charge in [0.1, 0.15) is 23.7 Å². The van der Waals surface area contributed by atoms with Crippen LogP contribution >= 0.6 is 0 Å². The summed E-state index contributed by atoms with van der Waals surface area (Å²) in [6, 6.07) is 7.00. The molecule has 0 aliphatic heterocycles. The molecule has 1 aromatic heterocycles. The van der Waals surface area contributed by atoms with E-state index >= 15 is 0 Å². The molecule has 0 bridgehead atoms.